The number of piperidine rings is 1. The molecule has 0 bridgehead atoms. The van der Waals surface area contributed by atoms with E-state index < -0.39 is 0 Å². The van der Waals surface area contributed by atoms with Crippen molar-refractivity contribution in [3.63, 3.8) is 0 Å². The lowest BCUT2D eigenvalue weighted by Gasteiger charge is -2.26. The van der Waals surface area contributed by atoms with E-state index in [0.717, 1.165) is 60.3 Å². The number of fused-ring (bicyclic) bond motifs is 1. The summed E-state index contributed by atoms with van der Waals surface area (Å²) in [5, 5.41) is 15.4. The standard InChI is InChI=1S/C26H30N4O2/c27-19-20-10-11-24-23(17-20)26(28-30(24)25-9-2-5-15-32-25)21-7-6-8-22(18-21)31-16-14-29-12-3-1-4-13-29/h6-8,10-11,17-18,25H,1-5,9,12-16H2. The lowest BCUT2D eigenvalue weighted by Crippen LogP contribution is -2.33. The summed E-state index contributed by atoms with van der Waals surface area (Å²) < 4.78 is 14.1. The van der Waals surface area contributed by atoms with Crippen molar-refractivity contribution in [2.45, 2.75) is 44.8 Å². The molecule has 2 saturated heterocycles. The lowest BCUT2D eigenvalue weighted by atomic mass is 10.1. The largest absolute Gasteiger partial charge is 0.492 e. The first-order valence-corrected chi connectivity index (χ1v) is 11.8. The van der Waals surface area contributed by atoms with Crippen molar-refractivity contribution in [2.24, 2.45) is 0 Å². The van der Waals surface area contributed by atoms with Gasteiger partial charge in [-0.25, -0.2) is 4.68 Å². The van der Waals surface area contributed by atoms with E-state index in [2.05, 4.69) is 23.1 Å². The third-order valence-corrected chi connectivity index (χ3v) is 6.50. The molecule has 5 rings (SSSR count). The molecule has 3 heterocycles. The molecule has 166 valence electrons. The average molecular weight is 431 g/mol. The Kier molecular flexibility index (Phi) is 6.38. The third kappa shape index (κ3) is 4.50. The van der Waals surface area contributed by atoms with Crippen LogP contribution in [0.1, 0.15) is 50.3 Å². The van der Waals surface area contributed by atoms with Gasteiger partial charge in [-0.3, -0.25) is 4.90 Å². The average Bonchev–Trinajstić information content (AvgIpc) is 3.24. The van der Waals surface area contributed by atoms with Gasteiger partial charge in [0, 0.05) is 24.1 Å². The Morgan fingerprint density at radius 3 is 2.78 bits per heavy atom. The molecule has 3 aromatic rings. The quantitative estimate of drug-likeness (QED) is 0.542. The Balaban J connectivity index is 1.42. The zero-order valence-corrected chi connectivity index (χ0v) is 18.5. The topological polar surface area (TPSA) is 63.3 Å². The summed E-state index contributed by atoms with van der Waals surface area (Å²) in [4.78, 5) is 2.48. The first kappa shape index (κ1) is 21.0. The van der Waals surface area contributed by atoms with Crippen LogP contribution in [0.5, 0.6) is 5.75 Å². The number of hydrogen-bond donors (Lipinski definition) is 0. The molecule has 0 amide bonds. The summed E-state index contributed by atoms with van der Waals surface area (Å²) in [5.41, 5.74) is 3.50. The van der Waals surface area contributed by atoms with Gasteiger partial charge < -0.3 is 9.47 Å². The zero-order chi connectivity index (χ0) is 21.8. The number of nitrogens with zero attached hydrogens (tertiary/aromatic N) is 4. The molecular weight excluding hydrogens is 400 g/mol. The van der Waals surface area contributed by atoms with E-state index in [9.17, 15) is 5.26 Å². The van der Waals surface area contributed by atoms with E-state index in [1.807, 2.05) is 35.0 Å². The maximum Gasteiger partial charge on any atom is 0.150 e. The Hall–Kier alpha value is -2.88. The van der Waals surface area contributed by atoms with Crippen molar-refractivity contribution in [1.82, 2.24) is 14.7 Å². The molecule has 6 heteroatoms. The molecule has 0 saturated carbocycles. The molecule has 0 radical (unpaired) electrons. The van der Waals surface area contributed by atoms with Gasteiger partial charge in [0.05, 0.1) is 17.1 Å². The lowest BCUT2D eigenvalue weighted by molar-refractivity contribution is -0.0365. The third-order valence-electron chi connectivity index (χ3n) is 6.50. The van der Waals surface area contributed by atoms with Gasteiger partial charge in [0.1, 0.15) is 18.1 Å². The molecule has 1 unspecified atom stereocenters. The van der Waals surface area contributed by atoms with Crippen LogP contribution >= 0.6 is 0 Å². The Labute approximate surface area is 189 Å². The van der Waals surface area contributed by atoms with Crippen molar-refractivity contribution >= 4 is 10.9 Å². The van der Waals surface area contributed by atoms with E-state index in [1.54, 1.807) is 0 Å². The molecule has 0 spiro atoms. The monoisotopic (exact) mass is 430 g/mol. The maximum atomic E-state index is 9.44. The number of likely N-dealkylation sites (tertiary alicyclic amines) is 1. The number of aromatic nitrogens is 2. The molecule has 6 nitrogen and oxygen atoms in total. The maximum absolute atomic E-state index is 9.44. The summed E-state index contributed by atoms with van der Waals surface area (Å²) in [6, 6.07) is 16.2. The fraction of sp³-hybridized carbons (Fsp3) is 0.462. The van der Waals surface area contributed by atoms with Gasteiger partial charge in [-0.1, -0.05) is 18.6 Å². The van der Waals surface area contributed by atoms with Gasteiger partial charge in [0.2, 0.25) is 0 Å². The summed E-state index contributed by atoms with van der Waals surface area (Å²) in [6.07, 6.45) is 7.06. The van der Waals surface area contributed by atoms with Crippen molar-refractivity contribution in [3.05, 3.63) is 48.0 Å². The number of ether oxygens (including phenoxy) is 2. The normalized spacial score (nSPS) is 19.7. The van der Waals surface area contributed by atoms with E-state index in [-0.39, 0.29) is 6.23 Å². The van der Waals surface area contributed by atoms with Crippen LogP contribution < -0.4 is 4.74 Å². The van der Waals surface area contributed by atoms with Crippen LogP contribution in [-0.2, 0) is 4.74 Å². The molecule has 2 aromatic carbocycles. The minimum absolute atomic E-state index is 0.0584. The SMILES string of the molecule is N#Cc1ccc2c(c1)c(-c1cccc(OCCN3CCCCC3)c1)nn2C1CCCCO1. The smallest absolute Gasteiger partial charge is 0.150 e. The van der Waals surface area contributed by atoms with Crippen LogP contribution in [0.3, 0.4) is 0 Å². The van der Waals surface area contributed by atoms with Crippen LogP contribution in [0.4, 0.5) is 0 Å². The van der Waals surface area contributed by atoms with Crippen LogP contribution in [0.25, 0.3) is 22.2 Å². The van der Waals surface area contributed by atoms with Crippen molar-refractivity contribution < 1.29 is 9.47 Å². The molecule has 1 atom stereocenters. The fourth-order valence-corrected chi connectivity index (χ4v) is 4.77. The van der Waals surface area contributed by atoms with Crippen LogP contribution in [0.2, 0.25) is 0 Å². The van der Waals surface area contributed by atoms with Crippen molar-refractivity contribution in [1.29, 1.82) is 5.26 Å². The van der Waals surface area contributed by atoms with Crippen molar-refractivity contribution in [3.8, 4) is 23.1 Å². The minimum atomic E-state index is -0.0584. The predicted molar refractivity (Wildman–Crippen MR) is 125 cm³/mol. The Morgan fingerprint density at radius 1 is 1.06 bits per heavy atom. The molecule has 2 aliphatic heterocycles. The second-order valence-electron chi connectivity index (χ2n) is 8.74. The zero-order valence-electron chi connectivity index (χ0n) is 18.5. The number of rotatable bonds is 6. The summed E-state index contributed by atoms with van der Waals surface area (Å²) >= 11 is 0. The minimum Gasteiger partial charge on any atom is -0.492 e. The number of benzene rings is 2. The van der Waals surface area contributed by atoms with Crippen LogP contribution in [0, 0.1) is 11.3 Å². The summed E-state index contributed by atoms with van der Waals surface area (Å²) in [6.45, 7) is 4.77. The molecule has 0 N–H and O–H groups in total. The van der Waals surface area contributed by atoms with Crippen LogP contribution in [0.15, 0.2) is 42.5 Å². The predicted octanol–water partition coefficient (Wildman–Crippen LogP) is 5.14. The van der Waals surface area contributed by atoms with Crippen molar-refractivity contribution in [2.75, 3.05) is 32.8 Å². The Bertz CT molecular complexity index is 1100. The fourth-order valence-electron chi connectivity index (χ4n) is 4.77. The van der Waals surface area contributed by atoms with E-state index in [1.165, 1.54) is 32.4 Å². The number of nitriles is 1. The highest BCUT2D eigenvalue weighted by Gasteiger charge is 2.22. The highest BCUT2D eigenvalue weighted by Crippen LogP contribution is 2.34. The van der Waals surface area contributed by atoms with E-state index in [4.69, 9.17) is 14.6 Å². The van der Waals surface area contributed by atoms with Gasteiger partial charge in [-0.05, 0) is 75.5 Å². The first-order chi connectivity index (χ1) is 15.8. The second kappa shape index (κ2) is 9.72. The summed E-state index contributed by atoms with van der Waals surface area (Å²) in [5.74, 6) is 0.854. The highest BCUT2D eigenvalue weighted by atomic mass is 16.5. The Morgan fingerprint density at radius 2 is 1.97 bits per heavy atom. The molecule has 32 heavy (non-hydrogen) atoms. The molecular formula is C26H30N4O2. The highest BCUT2D eigenvalue weighted by molar-refractivity contribution is 5.94. The van der Waals surface area contributed by atoms with E-state index in [0.29, 0.717) is 12.2 Å². The van der Waals surface area contributed by atoms with E-state index >= 15 is 0 Å². The van der Waals surface area contributed by atoms with Gasteiger partial charge >= 0.3 is 0 Å². The molecule has 1 aromatic heterocycles. The van der Waals surface area contributed by atoms with Gasteiger partial charge in [0.25, 0.3) is 0 Å². The summed E-state index contributed by atoms with van der Waals surface area (Å²) in [7, 11) is 0. The molecule has 2 fully saturated rings. The number of hydrogen-bond acceptors (Lipinski definition) is 5. The van der Waals surface area contributed by atoms with Crippen LogP contribution in [-0.4, -0.2) is 47.5 Å². The molecule has 0 aliphatic carbocycles. The second-order valence-corrected chi connectivity index (χ2v) is 8.74. The van der Waals surface area contributed by atoms with Gasteiger partial charge in [-0.15, -0.1) is 0 Å². The van der Waals surface area contributed by atoms with Gasteiger partial charge in [0.15, 0.2) is 6.23 Å². The molecule has 2 aliphatic rings. The van der Waals surface area contributed by atoms with Gasteiger partial charge in [-0.2, -0.15) is 10.4 Å². The first-order valence-electron chi connectivity index (χ1n) is 11.8.